The van der Waals surface area contributed by atoms with Gasteiger partial charge < -0.3 is 20.3 Å². The zero-order valence-electron chi connectivity index (χ0n) is 10.9. The maximum absolute atomic E-state index is 11.2. The summed E-state index contributed by atoms with van der Waals surface area (Å²) in [6.07, 6.45) is 0.873. The van der Waals surface area contributed by atoms with Crippen LogP contribution >= 0.6 is 0 Å². The second-order valence-corrected chi connectivity index (χ2v) is 3.88. The number of methoxy groups -OCH3 is 1. The van der Waals surface area contributed by atoms with Crippen molar-refractivity contribution in [3.63, 3.8) is 0 Å². The lowest BCUT2D eigenvalue weighted by atomic mass is 10.3. The highest BCUT2D eigenvalue weighted by Crippen LogP contribution is 1.85. The monoisotopic (exact) mass is 245 g/mol. The number of hydrogen-bond acceptors (Lipinski definition) is 4. The van der Waals surface area contributed by atoms with Crippen molar-refractivity contribution >= 4 is 11.8 Å². The first-order valence-electron chi connectivity index (χ1n) is 5.74. The Bertz CT molecular complexity index is 232. The van der Waals surface area contributed by atoms with Gasteiger partial charge in [0.05, 0.1) is 6.61 Å². The van der Waals surface area contributed by atoms with Gasteiger partial charge in [-0.2, -0.15) is 0 Å². The highest BCUT2D eigenvalue weighted by molar-refractivity contribution is 5.76. The van der Waals surface area contributed by atoms with E-state index in [0.29, 0.717) is 39.1 Å². The molecule has 0 aromatic carbocycles. The van der Waals surface area contributed by atoms with Gasteiger partial charge in [0.25, 0.3) is 0 Å². The highest BCUT2D eigenvalue weighted by Gasteiger charge is 2.03. The van der Waals surface area contributed by atoms with E-state index in [0.717, 1.165) is 0 Å². The lowest BCUT2D eigenvalue weighted by Gasteiger charge is -2.10. The van der Waals surface area contributed by atoms with Crippen LogP contribution in [-0.4, -0.2) is 64.2 Å². The molecule has 0 saturated carbocycles. The number of rotatable bonds is 9. The van der Waals surface area contributed by atoms with Crippen LogP contribution in [0.2, 0.25) is 0 Å². The molecule has 2 N–H and O–H groups in total. The molecule has 0 rings (SSSR count). The van der Waals surface area contributed by atoms with Crippen LogP contribution in [0, 0.1) is 0 Å². The zero-order chi connectivity index (χ0) is 13.1. The predicted molar refractivity (Wildman–Crippen MR) is 65.7 cm³/mol. The van der Waals surface area contributed by atoms with Crippen molar-refractivity contribution < 1.29 is 14.3 Å². The second-order valence-electron chi connectivity index (χ2n) is 3.88. The summed E-state index contributed by atoms with van der Waals surface area (Å²) in [7, 11) is 5.05. The maximum atomic E-state index is 11.2. The van der Waals surface area contributed by atoms with Crippen LogP contribution < -0.4 is 10.6 Å². The lowest BCUT2D eigenvalue weighted by Crippen LogP contribution is -2.31. The Morgan fingerprint density at radius 3 is 2.35 bits per heavy atom. The third-order valence-corrected chi connectivity index (χ3v) is 2.17. The zero-order valence-corrected chi connectivity index (χ0v) is 10.9. The van der Waals surface area contributed by atoms with E-state index in [4.69, 9.17) is 4.74 Å². The van der Waals surface area contributed by atoms with E-state index in [1.165, 1.54) is 0 Å². The Morgan fingerprint density at radius 2 is 1.76 bits per heavy atom. The molecule has 0 aliphatic rings. The van der Waals surface area contributed by atoms with Crippen molar-refractivity contribution in [1.29, 1.82) is 0 Å². The SMILES string of the molecule is COCCNC(=O)CCNCCC(=O)N(C)C. The smallest absolute Gasteiger partial charge is 0.223 e. The topological polar surface area (TPSA) is 70.7 Å². The first kappa shape index (κ1) is 15.9. The number of ether oxygens (including phenoxy) is 1. The molecule has 0 heterocycles. The summed E-state index contributed by atoms with van der Waals surface area (Å²) in [5.41, 5.74) is 0. The minimum atomic E-state index is -0.00603. The highest BCUT2D eigenvalue weighted by atomic mass is 16.5. The van der Waals surface area contributed by atoms with Crippen molar-refractivity contribution in [1.82, 2.24) is 15.5 Å². The standard InChI is InChI=1S/C11H23N3O3/c1-14(2)11(16)5-7-12-6-4-10(15)13-8-9-17-3/h12H,4-9H2,1-3H3,(H,13,15). The average molecular weight is 245 g/mol. The van der Waals surface area contributed by atoms with Crippen LogP contribution in [-0.2, 0) is 14.3 Å². The summed E-state index contributed by atoms with van der Waals surface area (Å²) in [5, 5.41) is 5.78. The normalized spacial score (nSPS) is 10.1. The molecule has 2 amide bonds. The van der Waals surface area contributed by atoms with Crippen LogP contribution in [0.5, 0.6) is 0 Å². The Morgan fingerprint density at radius 1 is 1.12 bits per heavy atom. The van der Waals surface area contributed by atoms with Gasteiger partial charge in [0.15, 0.2) is 0 Å². The molecular weight excluding hydrogens is 222 g/mol. The molecule has 17 heavy (non-hydrogen) atoms. The van der Waals surface area contributed by atoms with E-state index in [2.05, 4.69) is 10.6 Å². The summed E-state index contributed by atoms with van der Waals surface area (Å²) in [4.78, 5) is 24.0. The van der Waals surface area contributed by atoms with Gasteiger partial charge in [-0.3, -0.25) is 9.59 Å². The van der Waals surface area contributed by atoms with E-state index in [9.17, 15) is 9.59 Å². The van der Waals surface area contributed by atoms with Crippen molar-refractivity contribution in [2.45, 2.75) is 12.8 Å². The first-order valence-corrected chi connectivity index (χ1v) is 5.74. The van der Waals surface area contributed by atoms with E-state index in [1.807, 2.05) is 0 Å². The average Bonchev–Trinajstić information content (AvgIpc) is 2.28. The summed E-state index contributed by atoms with van der Waals surface area (Å²) >= 11 is 0. The van der Waals surface area contributed by atoms with Gasteiger partial charge in [-0.05, 0) is 0 Å². The fraction of sp³-hybridized carbons (Fsp3) is 0.818. The molecule has 0 bridgehead atoms. The molecule has 0 fully saturated rings. The molecule has 0 unspecified atom stereocenters. The van der Waals surface area contributed by atoms with Gasteiger partial charge >= 0.3 is 0 Å². The molecule has 0 aromatic rings. The molecule has 100 valence electrons. The first-order chi connectivity index (χ1) is 8.07. The number of carbonyl (C=O) groups excluding carboxylic acids is 2. The van der Waals surface area contributed by atoms with E-state index in [1.54, 1.807) is 26.1 Å². The van der Waals surface area contributed by atoms with Gasteiger partial charge in [0, 0.05) is 53.7 Å². The Kier molecular flexibility index (Phi) is 9.37. The second kappa shape index (κ2) is 10.0. The van der Waals surface area contributed by atoms with Gasteiger partial charge in [-0.15, -0.1) is 0 Å². The summed E-state index contributed by atoms with van der Waals surface area (Å²) in [6, 6.07) is 0. The summed E-state index contributed by atoms with van der Waals surface area (Å²) in [6.45, 7) is 2.24. The molecule has 0 saturated heterocycles. The maximum Gasteiger partial charge on any atom is 0.223 e. The number of amides is 2. The Hall–Kier alpha value is -1.14. The molecule has 0 aromatic heterocycles. The summed E-state index contributed by atoms with van der Waals surface area (Å²) in [5.74, 6) is 0.0792. The minimum Gasteiger partial charge on any atom is -0.383 e. The molecule has 0 aliphatic carbocycles. The van der Waals surface area contributed by atoms with Crippen molar-refractivity contribution in [3.8, 4) is 0 Å². The third kappa shape index (κ3) is 9.77. The number of nitrogens with zero attached hydrogens (tertiary/aromatic N) is 1. The van der Waals surface area contributed by atoms with Crippen molar-refractivity contribution in [3.05, 3.63) is 0 Å². The lowest BCUT2D eigenvalue weighted by molar-refractivity contribution is -0.128. The van der Waals surface area contributed by atoms with Crippen molar-refractivity contribution in [2.75, 3.05) is 47.4 Å². The molecular formula is C11H23N3O3. The molecule has 0 radical (unpaired) electrons. The fourth-order valence-electron chi connectivity index (χ4n) is 1.13. The van der Waals surface area contributed by atoms with Crippen molar-refractivity contribution in [2.24, 2.45) is 0 Å². The van der Waals surface area contributed by atoms with E-state index >= 15 is 0 Å². The van der Waals surface area contributed by atoms with Crippen LogP contribution in [0.1, 0.15) is 12.8 Å². The fourth-order valence-corrected chi connectivity index (χ4v) is 1.13. The number of nitrogens with one attached hydrogen (secondary N) is 2. The Balaban J connectivity index is 3.33. The minimum absolute atomic E-state index is 0.00603. The van der Waals surface area contributed by atoms with E-state index in [-0.39, 0.29) is 11.8 Å². The van der Waals surface area contributed by atoms with Crippen LogP contribution in [0.3, 0.4) is 0 Å². The predicted octanol–water partition coefficient (Wildman–Crippen LogP) is -0.793. The quantitative estimate of drug-likeness (QED) is 0.522. The summed E-state index contributed by atoms with van der Waals surface area (Å²) < 4.78 is 4.81. The number of carbonyl (C=O) groups is 2. The third-order valence-electron chi connectivity index (χ3n) is 2.17. The number of hydrogen-bond donors (Lipinski definition) is 2. The molecule has 0 atom stereocenters. The van der Waals surface area contributed by atoms with Gasteiger partial charge in [0.2, 0.25) is 11.8 Å². The molecule has 6 nitrogen and oxygen atoms in total. The van der Waals surface area contributed by atoms with Crippen LogP contribution in [0.15, 0.2) is 0 Å². The molecule has 0 spiro atoms. The molecule has 0 aliphatic heterocycles. The van der Waals surface area contributed by atoms with E-state index < -0.39 is 0 Å². The van der Waals surface area contributed by atoms with Crippen LogP contribution in [0.4, 0.5) is 0 Å². The Labute approximate surface area is 103 Å². The largest absolute Gasteiger partial charge is 0.383 e. The van der Waals surface area contributed by atoms with Gasteiger partial charge in [-0.25, -0.2) is 0 Å². The molecule has 6 heteroatoms. The van der Waals surface area contributed by atoms with Gasteiger partial charge in [0.1, 0.15) is 0 Å². The van der Waals surface area contributed by atoms with Crippen LogP contribution in [0.25, 0.3) is 0 Å². The van der Waals surface area contributed by atoms with Gasteiger partial charge in [-0.1, -0.05) is 0 Å².